The second-order valence-corrected chi connectivity index (χ2v) is 14.0. The minimum atomic E-state index is -0.768. The first-order valence-corrected chi connectivity index (χ1v) is 15.5. The number of para-hydroxylation sites is 1. The predicted octanol–water partition coefficient (Wildman–Crippen LogP) is 4.24. The van der Waals surface area contributed by atoms with Gasteiger partial charge in [-0.05, 0) is 58.2 Å². The van der Waals surface area contributed by atoms with E-state index in [1.807, 2.05) is 39.5 Å². The molecule has 2 saturated heterocycles. The first-order valence-electron chi connectivity index (χ1n) is 15.5. The molecule has 1 aromatic carbocycles. The maximum atomic E-state index is 14.0. The number of likely N-dealkylation sites (N-methyl/N-ethyl adjacent to an activating group) is 1. The standard InChI is InChI=1S/C33H49N5O5/c1-22(2)18-24(30(40)37-15-11-13-25(37)31(41)38-17-16-36(8)21-33(38,6)7)35-29(39)23-12-9-10-14-26(23)42-20-28-34-19-27(43-28)32(3,4)5/h9-10,12,14,19,22,24-25H,11,13,15-18,20-21H2,1-8H3,(H,35,39)/t24-,25-/m1/s1. The summed E-state index contributed by atoms with van der Waals surface area (Å²) >= 11 is 0. The van der Waals surface area contributed by atoms with Crippen LogP contribution in [0, 0.1) is 5.92 Å². The summed E-state index contributed by atoms with van der Waals surface area (Å²) in [5, 5.41) is 2.98. The number of amides is 3. The fourth-order valence-electron chi connectivity index (χ4n) is 6.05. The Hall–Kier alpha value is -3.40. The third-order valence-corrected chi connectivity index (χ3v) is 8.27. The van der Waals surface area contributed by atoms with Crippen LogP contribution in [0.4, 0.5) is 0 Å². The molecule has 2 atom stereocenters. The first-order chi connectivity index (χ1) is 20.2. The van der Waals surface area contributed by atoms with E-state index in [9.17, 15) is 14.4 Å². The minimum Gasteiger partial charge on any atom is -0.483 e. The zero-order chi connectivity index (χ0) is 31.5. The normalized spacial score (nSPS) is 19.9. The van der Waals surface area contributed by atoms with E-state index >= 15 is 0 Å². The zero-order valence-electron chi connectivity index (χ0n) is 27.1. The molecule has 0 aliphatic carbocycles. The number of hydrogen-bond donors (Lipinski definition) is 1. The van der Waals surface area contributed by atoms with Crippen molar-refractivity contribution in [3.05, 3.63) is 47.7 Å². The van der Waals surface area contributed by atoms with Gasteiger partial charge in [-0.1, -0.05) is 46.8 Å². The predicted molar refractivity (Wildman–Crippen MR) is 165 cm³/mol. The topological polar surface area (TPSA) is 108 Å². The quantitative estimate of drug-likeness (QED) is 0.462. The highest BCUT2D eigenvalue weighted by molar-refractivity contribution is 6.00. The number of oxazole rings is 1. The van der Waals surface area contributed by atoms with Crippen molar-refractivity contribution in [2.45, 2.75) is 97.4 Å². The molecule has 0 bridgehead atoms. The van der Waals surface area contributed by atoms with E-state index in [1.165, 1.54) is 0 Å². The number of ether oxygens (including phenoxy) is 1. The zero-order valence-corrected chi connectivity index (χ0v) is 27.1. The smallest absolute Gasteiger partial charge is 0.255 e. The number of likely N-dealkylation sites (tertiary alicyclic amines) is 1. The van der Waals surface area contributed by atoms with Crippen molar-refractivity contribution in [2.24, 2.45) is 5.92 Å². The van der Waals surface area contributed by atoms with Crippen molar-refractivity contribution in [1.82, 2.24) is 25.0 Å². The summed E-state index contributed by atoms with van der Waals surface area (Å²) in [6.45, 7) is 17.1. The van der Waals surface area contributed by atoms with Gasteiger partial charge in [-0.25, -0.2) is 4.98 Å². The number of nitrogens with zero attached hydrogens (tertiary/aromatic N) is 4. The van der Waals surface area contributed by atoms with Gasteiger partial charge < -0.3 is 29.2 Å². The van der Waals surface area contributed by atoms with E-state index in [0.717, 1.165) is 25.3 Å². The molecule has 3 heterocycles. The number of piperazine rings is 1. The van der Waals surface area contributed by atoms with Crippen LogP contribution in [-0.2, 0) is 21.6 Å². The highest BCUT2D eigenvalue weighted by Crippen LogP contribution is 2.28. The van der Waals surface area contributed by atoms with Crippen LogP contribution in [-0.4, -0.2) is 88.3 Å². The number of rotatable bonds is 9. The average molecular weight is 596 g/mol. The molecular weight excluding hydrogens is 546 g/mol. The molecular formula is C33H49N5O5. The van der Waals surface area contributed by atoms with Gasteiger partial charge in [0.1, 0.15) is 23.6 Å². The van der Waals surface area contributed by atoms with E-state index in [-0.39, 0.29) is 35.3 Å². The van der Waals surface area contributed by atoms with Crippen LogP contribution in [0.2, 0.25) is 0 Å². The third-order valence-electron chi connectivity index (χ3n) is 8.27. The Morgan fingerprint density at radius 3 is 2.51 bits per heavy atom. The van der Waals surface area contributed by atoms with Gasteiger partial charge in [-0.2, -0.15) is 0 Å². The second kappa shape index (κ2) is 13.1. The number of carbonyl (C=O) groups excluding carboxylic acids is 3. The SMILES string of the molecule is CC(C)C[C@@H](NC(=O)c1ccccc1OCc1ncc(C(C)(C)C)o1)C(=O)N1CCC[C@@H]1C(=O)N1CCN(C)CC1(C)C. The molecule has 2 aliphatic rings. The monoisotopic (exact) mass is 595 g/mol. The summed E-state index contributed by atoms with van der Waals surface area (Å²) in [4.78, 5) is 51.6. The molecule has 2 fully saturated rings. The van der Waals surface area contributed by atoms with Crippen LogP contribution in [0.15, 0.2) is 34.9 Å². The average Bonchev–Trinajstić information content (AvgIpc) is 3.60. The van der Waals surface area contributed by atoms with Crippen molar-refractivity contribution in [2.75, 3.05) is 33.2 Å². The highest BCUT2D eigenvalue weighted by atomic mass is 16.5. The van der Waals surface area contributed by atoms with Gasteiger partial charge in [-0.15, -0.1) is 0 Å². The maximum Gasteiger partial charge on any atom is 0.255 e. The molecule has 0 spiro atoms. The van der Waals surface area contributed by atoms with Crippen LogP contribution < -0.4 is 10.1 Å². The lowest BCUT2D eigenvalue weighted by Gasteiger charge is -2.47. The number of benzene rings is 1. The highest BCUT2D eigenvalue weighted by Gasteiger charge is 2.44. The van der Waals surface area contributed by atoms with Gasteiger partial charge in [0.05, 0.1) is 17.3 Å². The molecule has 43 heavy (non-hydrogen) atoms. The van der Waals surface area contributed by atoms with Crippen molar-refractivity contribution >= 4 is 17.7 Å². The van der Waals surface area contributed by atoms with Gasteiger partial charge >= 0.3 is 0 Å². The van der Waals surface area contributed by atoms with Crippen molar-refractivity contribution in [3.8, 4) is 5.75 Å². The number of aromatic nitrogens is 1. The Morgan fingerprint density at radius 1 is 1.14 bits per heavy atom. The lowest BCUT2D eigenvalue weighted by atomic mass is 9.94. The molecule has 4 rings (SSSR count). The van der Waals surface area contributed by atoms with Gasteiger partial charge in [0.15, 0.2) is 6.61 Å². The van der Waals surface area contributed by atoms with Gasteiger partial charge in [-0.3, -0.25) is 14.4 Å². The summed E-state index contributed by atoms with van der Waals surface area (Å²) in [6.07, 6.45) is 3.54. The lowest BCUT2D eigenvalue weighted by molar-refractivity contribution is -0.150. The molecule has 3 amide bonds. The summed E-state index contributed by atoms with van der Waals surface area (Å²) in [6, 6.07) is 5.66. The van der Waals surface area contributed by atoms with E-state index in [4.69, 9.17) is 9.15 Å². The Bertz CT molecular complexity index is 1300. The van der Waals surface area contributed by atoms with Crippen LogP contribution in [0.5, 0.6) is 5.75 Å². The fraction of sp³-hybridized carbons (Fsp3) is 0.636. The van der Waals surface area contributed by atoms with Crippen molar-refractivity contribution < 1.29 is 23.5 Å². The number of carbonyl (C=O) groups is 3. The molecule has 0 saturated carbocycles. The summed E-state index contributed by atoms with van der Waals surface area (Å²) < 4.78 is 11.8. The molecule has 10 nitrogen and oxygen atoms in total. The Morgan fingerprint density at radius 2 is 1.86 bits per heavy atom. The molecule has 2 aromatic rings. The van der Waals surface area contributed by atoms with E-state index in [0.29, 0.717) is 43.1 Å². The van der Waals surface area contributed by atoms with Gasteiger partial charge in [0.25, 0.3) is 5.91 Å². The molecule has 0 unspecified atom stereocenters. The van der Waals surface area contributed by atoms with Crippen LogP contribution in [0.1, 0.15) is 89.7 Å². The molecule has 2 aliphatic heterocycles. The lowest BCUT2D eigenvalue weighted by Crippen LogP contribution is -2.64. The van der Waals surface area contributed by atoms with Crippen LogP contribution in [0.3, 0.4) is 0 Å². The molecule has 10 heteroatoms. The third kappa shape index (κ3) is 7.77. The molecule has 1 aromatic heterocycles. The number of nitrogens with one attached hydrogen (secondary N) is 1. The summed E-state index contributed by atoms with van der Waals surface area (Å²) in [5.41, 5.74) is -0.184. The van der Waals surface area contributed by atoms with Crippen LogP contribution >= 0.6 is 0 Å². The summed E-state index contributed by atoms with van der Waals surface area (Å²) in [7, 11) is 2.06. The van der Waals surface area contributed by atoms with Gasteiger partial charge in [0, 0.05) is 31.6 Å². The second-order valence-electron chi connectivity index (χ2n) is 14.0. The Labute approximate surface area is 256 Å². The maximum absolute atomic E-state index is 14.0. The Balaban J connectivity index is 1.48. The van der Waals surface area contributed by atoms with E-state index in [2.05, 4.69) is 36.1 Å². The van der Waals surface area contributed by atoms with Crippen molar-refractivity contribution in [3.63, 3.8) is 0 Å². The van der Waals surface area contributed by atoms with Crippen LogP contribution in [0.25, 0.3) is 0 Å². The largest absolute Gasteiger partial charge is 0.483 e. The van der Waals surface area contributed by atoms with Crippen molar-refractivity contribution in [1.29, 1.82) is 0 Å². The van der Waals surface area contributed by atoms with E-state index in [1.54, 1.807) is 35.4 Å². The molecule has 1 N–H and O–H groups in total. The number of hydrogen-bond acceptors (Lipinski definition) is 7. The van der Waals surface area contributed by atoms with E-state index < -0.39 is 18.0 Å². The molecule has 0 radical (unpaired) electrons. The fourth-order valence-corrected chi connectivity index (χ4v) is 6.05. The molecule has 236 valence electrons. The first kappa shape index (κ1) is 32.5. The Kier molecular flexibility index (Phi) is 9.89. The summed E-state index contributed by atoms with van der Waals surface area (Å²) in [5.74, 6) is 1.08. The van der Waals surface area contributed by atoms with Gasteiger partial charge in [0.2, 0.25) is 17.7 Å². The minimum absolute atomic E-state index is 0.00141.